The van der Waals surface area contributed by atoms with Crippen LogP contribution in [0.15, 0.2) is 0 Å². The Bertz CT molecular complexity index is 76.3. The van der Waals surface area contributed by atoms with Crippen molar-refractivity contribution in [2.45, 2.75) is 0 Å². The summed E-state index contributed by atoms with van der Waals surface area (Å²) >= 11 is -4.11. The molecule has 0 bridgehead atoms. The Morgan fingerprint density at radius 1 is 1.00 bits per heavy atom. The predicted octanol–water partition coefficient (Wildman–Crippen LogP) is -1.54. The Kier molecular flexibility index (Phi) is 8.46. The molecule has 0 heterocycles. The quantitative estimate of drug-likeness (QED) is 0.418. The van der Waals surface area contributed by atoms with Crippen molar-refractivity contribution in [3.63, 3.8) is 0 Å². The van der Waals surface area contributed by atoms with Crippen LogP contribution in [0.2, 0.25) is 0 Å². The van der Waals surface area contributed by atoms with Crippen LogP contribution in [0.25, 0.3) is 0 Å². The first kappa shape index (κ1) is 9.15. The Balaban J connectivity index is 0. The topological polar surface area (TPSA) is 51.2 Å². The first-order valence-electron chi connectivity index (χ1n) is 0.500. The van der Waals surface area contributed by atoms with Crippen molar-refractivity contribution in [2.75, 3.05) is 0 Å². The molecule has 5 heteroatoms. The van der Waals surface area contributed by atoms with Crippen LogP contribution < -0.4 is 0 Å². The second kappa shape index (κ2) is 4.62. The van der Waals surface area contributed by atoms with Gasteiger partial charge >= 0.3 is 27.4 Å². The fourth-order valence-electron chi connectivity index (χ4n) is 0. The molecule has 0 saturated carbocycles. The molecule has 0 aliphatic rings. The summed E-state index contributed by atoms with van der Waals surface area (Å²) < 4.78 is 25.8. The molecule has 0 aliphatic heterocycles. The third-order valence-electron chi connectivity index (χ3n) is 0. The van der Waals surface area contributed by atoms with E-state index in [-0.39, 0.29) is 17.4 Å². The second-order valence-electron chi connectivity index (χ2n) is 0.204. The van der Waals surface area contributed by atoms with Crippen LogP contribution in [0.3, 0.4) is 0 Å². The van der Waals surface area contributed by atoms with Crippen molar-refractivity contribution >= 4 is 17.4 Å². The van der Waals surface area contributed by atoms with Gasteiger partial charge in [0.05, 0.1) is 0 Å². The van der Waals surface area contributed by atoms with E-state index in [1.807, 2.05) is 0 Å². The van der Waals surface area contributed by atoms with Crippen LogP contribution in [-0.2, 0) is 27.4 Å². The average Bonchev–Trinajstić information content (AvgIpc) is 0.811. The molecular weight excluding hydrogens is 171 g/mol. The Morgan fingerprint density at radius 2 is 1.00 bits per heavy atom. The maximum atomic E-state index is 8.59. The Morgan fingerprint density at radius 3 is 1.00 bits per heavy atom. The van der Waals surface area contributed by atoms with Crippen molar-refractivity contribution in [3.05, 3.63) is 0 Å². The molecule has 0 N–H and O–H groups in total. The van der Waals surface area contributed by atoms with Gasteiger partial charge in [-0.25, -0.2) is 0 Å². The third kappa shape index (κ3) is 82.4. The summed E-state index contributed by atoms with van der Waals surface area (Å²) in [5.74, 6) is 0. The summed E-state index contributed by atoms with van der Waals surface area (Å²) in [5, 5.41) is 0. The molecule has 0 rings (SSSR count). The summed E-state index contributed by atoms with van der Waals surface area (Å²) in [6.45, 7) is 0. The van der Waals surface area contributed by atoms with Crippen molar-refractivity contribution in [1.29, 1.82) is 0 Å². The summed E-state index contributed by atoms with van der Waals surface area (Å²) in [6.07, 6.45) is 0. The molecule has 30 valence electrons. The summed E-state index contributed by atoms with van der Waals surface area (Å²) in [6, 6.07) is 0. The van der Waals surface area contributed by atoms with Crippen LogP contribution in [0.4, 0.5) is 0 Å². The van der Waals surface area contributed by atoms with Gasteiger partial charge < -0.3 is 0 Å². The minimum atomic E-state index is -4.11. The molecule has 0 aromatic carbocycles. The first-order chi connectivity index (χ1) is 1.73. The molecular formula is H3AlMoO3. The summed E-state index contributed by atoms with van der Waals surface area (Å²) in [7, 11) is 0. The SMILES string of the molecule is [AlH3].[O]=[Mo](=[O])=[O]. The number of hydrogen-bond donors (Lipinski definition) is 0. The van der Waals surface area contributed by atoms with Gasteiger partial charge in [0.2, 0.25) is 0 Å². The van der Waals surface area contributed by atoms with Gasteiger partial charge in [0.1, 0.15) is 0 Å². The minimum absolute atomic E-state index is 0. The van der Waals surface area contributed by atoms with Crippen LogP contribution in [0.1, 0.15) is 0 Å². The van der Waals surface area contributed by atoms with Crippen molar-refractivity contribution in [1.82, 2.24) is 0 Å². The van der Waals surface area contributed by atoms with E-state index in [1.54, 1.807) is 0 Å². The van der Waals surface area contributed by atoms with E-state index in [2.05, 4.69) is 0 Å². The van der Waals surface area contributed by atoms with Gasteiger partial charge in [-0.1, -0.05) is 0 Å². The standard InChI is InChI=1S/Al.Mo.3O.3H. The Hall–Kier alpha value is 0.621. The van der Waals surface area contributed by atoms with E-state index >= 15 is 0 Å². The molecule has 0 aliphatic carbocycles. The molecule has 0 atom stereocenters. The summed E-state index contributed by atoms with van der Waals surface area (Å²) in [4.78, 5) is 0. The van der Waals surface area contributed by atoms with Crippen LogP contribution in [-0.4, -0.2) is 17.4 Å². The third-order valence-corrected chi connectivity index (χ3v) is 0. The van der Waals surface area contributed by atoms with Gasteiger partial charge in [0.25, 0.3) is 0 Å². The van der Waals surface area contributed by atoms with Gasteiger partial charge in [0, 0.05) is 0 Å². The zero-order valence-electron chi connectivity index (χ0n) is 1.63. The van der Waals surface area contributed by atoms with Crippen LogP contribution >= 0.6 is 0 Å². The van der Waals surface area contributed by atoms with Gasteiger partial charge in [-0.3, -0.25) is 0 Å². The molecule has 3 nitrogen and oxygen atoms in total. The van der Waals surface area contributed by atoms with Crippen LogP contribution in [0.5, 0.6) is 0 Å². The summed E-state index contributed by atoms with van der Waals surface area (Å²) in [5.41, 5.74) is 0. The molecule has 0 fully saturated rings. The molecule has 0 aromatic heterocycles. The number of rotatable bonds is 0. The van der Waals surface area contributed by atoms with Crippen molar-refractivity contribution in [2.24, 2.45) is 0 Å². The molecule has 0 radical (unpaired) electrons. The van der Waals surface area contributed by atoms with E-state index in [0.29, 0.717) is 0 Å². The van der Waals surface area contributed by atoms with Gasteiger partial charge in [0.15, 0.2) is 17.4 Å². The van der Waals surface area contributed by atoms with Gasteiger partial charge in [-0.2, -0.15) is 0 Å². The van der Waals surface area contributed by atoms with Crippen molar-refractivity contribution < 1.29 is 27.4 Å². The van der Waals surface area contributed by atoms with Gasteiger partial charge in [-0.15, -0.1) is 0 Å². The fourth-order valence-corrected chi connectivity index (χ4v) is 0. The monoisotopic (exact) mass is 176 g/mol. The van der Waals surface area contributed by atoms with E-state index in [4.69, 9.17) is 10.2 Å². The van der Waals surface area contributed by atoms with E-state index < -0.39 is 17.2 Å². The molecule has 0 spiro atoms. The maximum absolute atomic E-state index is 8.59. The van der Waals surface area contributed by atoms with Crippen molar-refractivity contribution in [3.8, 4) is 0 Å². The number of hydrogen-bond acceptors (Lipinski definition) is 3. The normalized spacial score (nSPS) is 4.80. The van der Waals surface area contributed by atoms with E-state index in [1.165, 1.54) is 0 Å². The zero-order chi connectivity index (χ0) is 3.58. The first-order valence-corrected chi connectivity index (χ1v) is 2.96. The molecule has 0 aromatic rings. The van der Waals surface area contributed by atoms with Gasteiger partial charge in [-0.05, 0) is 0 Å². The van der Waals surface area contributed by atoms with Crippen LogP contribution in [0, 0.1) is 0 Å². The second-order valence-corrected chi connectivity index (χ2v) is 1.21. The Labute approximate surface area is 45.0 Å². The zero-order valence-corrected chi connectivity index (χ0v) is 3.64. The molecule has 0 unspecified atom stereocenters. The molecule has 0 amide bonds. The average molecular weight is 174 g/mol. The fraction of sp³-hybridized carbons (Fsp3) is 0. The predicted molar refractivity (Wildman–Crippen MR) is 12.0 cm³/mol. The molecule has 0 saturated heterocycles. The van der Waals surface area contributed by atoms with E-state index in [9.17, 15) is 0 Å². The molecule has 5 heavy (non-hydrogen) atoms. The van der Waals surface area contributed by atoms with E-state index in [0.717, 1.165) is 0 Å².